The summed E-state index contributed by atoms with van der Waals surface area (Å²) in [6, 6.07) is 10.5. The molecule has 4 aromatic rings. The summed E-state index contributed by atoms with van der Waals surface area (Å²) < 4.78 is 73.4. The molecular formula is C24H18F3NO4S. The van der Waals surface area contributed by atoms with Crippen LogP contribution < -0.4 is 10.3 Å². The number of nitrogens with zero attached hydrogens (tertiary/aromatic N) is 1. The third-order valence-electron chi connectivity index (χ3n) is 5.24. The number of aryl methyl sites for hydroxylation is 1. The van der Waals surface area contributed by atoms with Crippen molar-refractivity contribution < 1.29 is 26.3 Å². The van der Waals surface area contributed by atoms with E-state index in [0.29, 0.717) is 17.0 Å². The van der Waals surface area contributed by atoms with Gasteiger partial charge in [0.2, 0.25) is 0 Å². The molecule has 3 aromatic carbocycles. The van der Waals surface area contributed by atoms with Gasteiger partial charge in [-0.05, 0) is 47.9 Å². The number of benzene rings is 3. The minimum absolute atomic E-state index is 0.00366. The van der Waals surface area contributed by atoms with Gasteiger partial charge in [-0.15, -0.1) is 0 Å². The molecule has 4 rings (SSSR count). The summed E-state index contributed by atoms with van der Waals surface area (Å²) in [7, 11) is -2.14. The average Bonchev–Trinajstić information content (AvgIpc) is 2.78. The van der Waals surface area contributed by atoms with Crippen molar-refractivity contribution in [3.63, 3.8) is 0 Å². The molecule has 0 N–H and O–H groups in total. The Bertz CT molecular complexity index is 1560. The fourth-order valence-corrected chi connectivity index (χ4v) is 4.41. The molecule has 1 heterocycles. The van der Waals surface area contributed by atoms with Gasteiger partial charge in [-0.1, -0.05) is 13.0 Å². The molecule has 0 atom stereocenters. The van der Waals surface area contributed by atoms with Gasteiger partial charge >= 0.3 is 0 Å². The lowest BCUT2D eigenvalue weighted by atomic mass is 9.99. The summed E-state index contributed by atoms with van der Waals surface area (Å²) in [5, 5.41) is 0.438. The number of aromatic nitrogens is 1. The molecule has 0 aliphatic carbocycles. The third-order valence-corrected chi connectivity index (χ3v) is 6.97. The Morgan fingerprint density at radius 2 is 1.52 bits per heavy atom. The Labute approximate surface area is 187 Å². The van der Waals surface area contributed by atoms with Gasteiger partial charge < -0.3 is 9.30 Å². The van der Waals surface area contributed by atoms with Crippen molar-refractivity contribution in [3.05, 3.63) is 88.6 Å². The van der Waals surface area contributed by atoms with E-state index in [1.54, 1.807) is 0 Å². The van der Waals surface area contributed by atoms with Crippen LogP contribution >= 0.6 is 0 Å². The van der Waals surface area contributed by atoms with Crippen LogP contribution in [0.2, 0.25) is 0 Å². The zero-order chi connectivity index (χ0) is 23.9. The van der Waals surface area contributed by atoms with Crippen LogP contribution in [0.4, 0.5) is 13.2 Å². The Morgan fingerprint density at radius 1 is 0.848 bits per heavy atom. The largest absolute Gasteiger partial charge is 0.454 e. The van der Waals surface area contributed by atoms with Gasteiger partial charge in [-0.2, -0.15) is 0 Å². The second kappa shape index (κ2) is 8.40. The van der Waals surface area contributed by atoms with Crippen molar-refractivity contribution in [2.45, 2.75) is 11.8 Å². The van der Waals surface area contributed by atoms with Gasteiger partial charge in [-0.3, -0.25) is 4.79 Å². The molecule has 1 aromatic heterocycles. The van der Waals surface area contributed by atoms with E-state index in [0.717, 1.165) is 18.2 Å². The van der Waals surface area contributed by atoms with Gasteiger partial charge in [0.25, 0.3) is 5.56 Å². The number of sulfone groups is 1. The lowest BCUT2D eigenvalue weighted by Crippen LogP contribution is -2.17. The first kappa shape index (κ1) is 22.6. The first-order chi connectivity index (χ1) is 15.6. The third kappa shape index (κ3) is 4.23. The molecule has 0 fully saturated rings. The summed E-state index contributed by atoms with van der Waals surface area (Å²) in [4.78, 5) is 12.6. The monoisotopic (exact) mass is 473 g/mol. The summed E-state index contributed by atoms with van der Waals surface area (Å²) in [6.45, 7) is 1.50. The molecule has 0 aliphatic rings. The first-order valence-corrected chi connectivity index (χ1v) is 11.5. The maximum absolute atomic E-state index is 14.3. The summed E-state index contributed by atoms with van der Waals surface area (Å²) in [5.74, 6) is -2.69. The summed E-state index contributed by atoms with van der Waals surface area (Å²) in [6.07, 6.45) is 1.47. The van der Waals surface area contributed by atoms with E-state index in [4.69, 9.17) is 4.74 Å². The van der Waals surface area contributed by atoms with Gasteiger partial charge in [0.15, 0.2) is 21.4 Å². The predicted octanol–water partition coefficient (Wildman–Crippen LogP) is 5.21. The van der Waals surface area contributed by atoms with Crippen LogP contribution in [0.25, 0.3) is 21.9 Å². The fourth-order valence-electron chi connectivity index (χ4n) is 3.50. The molecule has 0 bridgehead atoms. The smallest absolute Gasteiger partial charge is 0.258 e. The van der Waals surface area contributed by atoms with Gasteiger partial charge in [-0.25, -0.2) is 21.6 Å². The van der Waals surface area contributed by atoms with Gasteiger partial charge in [0.1, 0.15) is 17.4 Å². The van der Waals surface area contributed by atoms with Crippen LogP contribution in [0, 0.1) is 17.5 Å². The molecule has 170 valence electrons. The molecule has 0 saturated carbocycles. The normalized spacial score (nSPS) is 11.7. The highest BCUT2D eigenvalue weighted by Crippen LogP contribution is 2.39. The highest BCUT2D eigenvalue weighted by molar-refractivity contribution is 7.91. The standard InChI is InChI=1S/C24H18F3NO4S/c1-3-33(30,31)16-6-9-22(32-23-8-5-15(26)11-21(23)27)18(12-16)20-13-28(2)24(29)19-10-14(25)4-7-17(19)20/h4-13H,3H2,1-2H3. The lowest BCUT2D eigenvalue weighted by molar-refractivity contribution is 0.438. The Kier molecular flexibility index (Phi) is 5.75. The van der Waals surface area contributed by atoms with Gasteiger partial charge in [0.05, 0.1) is 16.0 Å². The highest BCUT2D eigenvalue weighted by Gasteiger charge is 2.20. The summed E-state index contributed by atoms with van der Waals surface area (Å²) in [5.41, 5.74) is 0.163. The van der Waals surface area contributed by atoms with Crippen LogP contribution in [-0.2, 0) is 16.9 Å². The zero-order valence-electron chi connectivity index (χ0n) is 17.6. The number of halogens is 3. The van der Waals surface area contributed by atoms with E-state index >= 15 is 0 Å². The molecule has 0 aliphatic heterocycles. The maximum atomic E-state index is 14.3. The van der Waals surface area contributed by atoms with Crippen LogP contribution in [-0.4, -0.2) is 18.7 Å². The van der Waals surface area contributed by atoms with E-state index in [-0.39, 0.29) is 33.1 Å². The van der Waals surface area contributed by atoms with E-state index in [1.807, 2.05) is 0 Å². The quantitative estimate of drug-likeness (QED) is 0.399. The van der Waals surface area contributed by atoms with Crippen LogP contribution in [0.3, 0.4) is 0 Å². The fraction of sp³-hybridized carbons (Fsp3) is 0.125. The van der Waals surface area contributed by atoms with Crippen molar-refractivity contribution in [1.82, 2.24) is 4.57 Å². The number of pyridine rings is 1. The van der Waals surface area contributed by atoms with Crippen LogP contribution in [0.15, 0.2) is 70.5 Å². The summed E-state index contributed by atoms with van der Waals surface area (Å²) >= 11 is 0. The molecule has 33 heavy (non-hydrogen) atoms. The molecule has 0 spiro atoms. The van der Waals surface area contributed by atoms with Crippen molar-refractivity contribution in [1.29, 1.82) is 0 Å². The Balaban J connectivity index is 2.03. The topological polar surface area (TPSA) is 65.4 Å². The van der Waals surface area contributed by atoms with Gasteiger partial charge in [0, 0.05) is 30.4 Å². The SMILES string of the molecule is CCS(=O)(=O)c1ccc(Oc2ccc(F)cc2F)c(-c2cn(C)c(=O)c3cc(F)ccc23)c1. The van der Waals surface area contributed by atoms with E-state index in [9.17, 15) is 26.4 Å². The second-order valence-corrected chi connectivity index (χ2v) is 9.67. The second-order valence-electron chi connectivity index (χ2n) is 7.39. The Morgan fingerprint density at radius 3 is 2.21 bits per heavy atom. The molecule has 0 radical (unpaired) electrons. The average molecular weight is 473 g/mol. The van der Waals surface area contributed by atoms with E-state index in [2.05, 4.69) is 0 Å². The minimum Gasteiger partial charge on any atom is -0.454 e. The van der Waals surface area contributed by atoms with Crippen LogP contribution in [0.1, 0.15) is 6.92 Å². The Hall–Kier alpha value is -3.59. The molecule has 9 heteroatoms. The molecule has 0 amide bonds. The van der Waals surface area contributed by atoms with E-state index < -0.39 is 32.8 Å². The number of rotatable bonds is 5. The zero-order valence-corrected chi connectivity index (χ0v) is 18.4. The van der Waals surface area contributed by atoms with Crippen LogP contribution in [0.5, 0.6) is 11.5 Å². The highest BCUT2D eigenvalue weighted by atomic mass is 32.2. The van der Waals surface area contributed by atoms with Crippen molar-refractivity contribution >= 4 is 20.6 Å². The van der Waals surface area contributed by atoms with E-state index in [1.165, 1.54) is 55.1 Å². The van der Waals surface area contributed by atoms with Crippen molar-refractivity contribution in [2.24, 2.45) is 7.05 Å². The minimum atomic E-state index is -3.62. The number of ether oxygens (including phenoxy) is 1. The molecule has 5 nitrogen and oxygen atoms in total. The molecule has 0 unspecified atom stereocenters. The molecular weight excluding hydrogens is 455 g/mol. The number of fused-ring (bicyclic) bond motifs is 1. The first-order valence-electron chi connectivity index (χ1n) is 9.89. The van der Waals surface area contributed by atoms with Crippen molar-refractivity contribution in [2.75, 3.05) is 5.75 Å². The lowest BCUT2D eigenvalue weighted by Gasteiger charge is -2.16. The number of hydrogen-bond donors (Lipinski definition) is 0. The number of hydrogen-bond acceptors (Lipinski definition) is 4. The molecule has 0 saturated heterocycles. The van der Waals surface area contributed by atoms with Crippen molar-refractivity contribution in [3.8, 4) is 22.6 Å². The predicted molar refractivity (Wildman–Crippen MR) is 119 cm³/mol. The maximum Gasteiger partial charge on any atom is 0.258 e.